The molecular formula is C19H24FN5O3. The number of anilines is 2. The first-order valence-corrected chi connectivity index (χ1v) is 9.48. The van der Waals surface area contributed by atoms with E-state index in [1.165, 1.54) is 6.26 Å². The maximum Gasteiger partial charge on any atom is 0.289 e. The van der Waals surface area contributed by atoms with E-state index < -0.39 is 17.3 Å². The summed E-state index contributed by atoms with van der Waals surface area (Å²) in [5.74, 6) is 0.199. The number of piperidine rings is 2. The molecule has 2 atom stereocenters. The molecule has 0 unspecified atom stereocenters. The van der Waals surface area contributed by atoms with Crippen molar-refractivity contribution in [3.63, 3.8) is 0 Å². The first kappa shape index (κ1) is 18.7. The van der Waals surface area contributed by atoms with Crippen LogP contribution >= 0.6 is 0 Å². The molecule has 150 valence electrons. The van der Waals surface area contributed by atoms with E-state index in [-0.39, 0.29) is 11.7 Å². The lowest BCUT2D eigenvalue weighted by molar-refractivity contribution is -0.0369. The fourth-order valence-electron chi connectivity index (χ4n) is 4.30. The van der Waals surface area contributed by atoms with Gasteiger partial charge in [0.05, 0.1) is 18.6 Å². The lowest BCUT2D eigenvalue weighted by Gasteiger charge is -2.50. The number of halogens is 1. The SMILES string of the molecule is CNc1nc(N2CC[C@@H](O)[C@]3(CCCN(C(=O)c4ccco4)C3)C2)ncc1F. The number of hydrogen-bond acceptors (Lipinski definition) is 7. The molecule has 2 N–H and O–H groups in total. The van der Waals surface area contributed by atoms with Crippen molar-refractivity contribution in [2.24, 2.45) is 5.41 Å². The third-order valence-corrected chi connectivity index (χ3v) is 5.76. The van der Waals surface area contributed by atoms with Crippen LogP contribution < -0.4 is 10.2 Å². The molecule has 2 aliphatic heterocycles. The summed E-state index contributed by atoms with van der Waals surface area (Å²) in [7, 11) is 1.61. The highest BCUT2D eigenvalue weighted by molar-refractivity contribution is 5.91. The van der Waals surface area contributed by atoms with E-state index in [4.69, 9.17) is 4.42 Å². The maximum absolute atomic E-state index is 13.7. The topological polar surface area (TPSA) is 94.7 Å². The van der Waals surface area contributed by atoms with Crippen LogP contribution in [0.15, 0.2) is 29.0 Å². The molecular weight excluding hydrogens is 365 g/mol. The predicted molar refractivity (Wildman–Crippen MR) is 101 cm³/mol. The molecule has 2 saturated heterocycles. The average Bonchev–Trinajstić information content (AvgIpc) is 3.25. The molecule has 0 aliphatic carbocycles. The Morgan fingerprint density at radius 1 is 1.43 bits per heavy atom. The fourth-order valence-corrected chi connectivity index (χ4v) is 4.30. The number of aromatic nitrogens is 2. The van der Waals surface area contributed by atoms with Gasteiger partial charge in [0.25, 0.3) is 5.91 Å². The van der Waals surface area contributed by atoms with Gasteiger partial charge in [-0.3, -0.25) is 4.79 Å². The number of carbonyl (C=O) groups excluding carboxylic acids is 1. The second-order valence-corrected chi connectivity index (χ2v) is 7.51. The van der Waals surface area contributed by atoms with Crippen LogP contribution in [0.1, 0.15) is 29.8 Å². The van der Waals surface area contributed by atoms with Crippen LogP contribution in [-0.2, 0) is 0 Å². The molecule has 4 rings (SSSR count). The van der Waals surface area contributed by atoms with Crippen LogP contribution in [0.25, 0.3) is 0 Å². The Hall–Kier alpha value is -2.68. The monoisotopic (exact) mass is 389 g/mol. The zero-order valence-corrected chi connectivity index (χ0v) is 15.8. The Bertz CT molecular complexity index is 846. The second kappa shape index (κ2) is 7.38. The van der Waals surface area contributed by atoms with Gasteiger partial charge >= 0.3 is 0 Å². The van der Waals surface area contributed by atoms with Crippen molar-refractivity contribution in [2.45, 2.75) is 25.4 Å². The second-order valence-electron chi connectivity index (χ2n) is 7.51. The zero-order chi connectivity index (χ0) is 19.7. The minimum atomic E-state index is -0.528. The average molecular weight is 389 g/mol. The third kappa shape index (κ3) is 3.30. The molecule has 4 heterocycles. The summed E-state index contributed by atoms with van der Waals surface area (Å²) >= 11 is 0. The highest BCUT2D eigenvalue weighted by Crippen LogP contribution is 2.40. The number of nitrogens with zero attached hydrogens (tertiary/aromatic N) is 4. The number of furan rings is 1. The zero-order valence-electron chi connectivity index (χ0n) is 15.8. The van der Waals surface area contributed by atoms with Gasteiger partial charge in [-0.2, -0.15) is 4.98 Å². The van der Waals surface area contributed by atoms with Crippen molar-refractivity contribution in [3.05, 3.63) is 36.2 Å². The Kier molecular flexibility index (Phi) is 4.92. The molecule has 9 heteroatoms. The molecule has 1 spiro atoms. The highest BCUT2D eigenvalue weighted by Gasteiger charge is 2.47. The van der Waals surface area contributed by atoms with E-state index in [1.807, 2.05) is 4.90 Å². The Balaban J connectivity index is 1.56. The molecule has 28 heavy (non-hydrogen) atoms. The molecule has 2 aromatic rings. The number of likely N-dealkylation sites (tertiary alicyclic amines) is 1. The first-order chi connectivity index (χ1) is 13.5. The number of rotatable bonds is 3. The number of nitrogens with one attached hydrogen (secondary N) is 1. The van der Waals surface area contributed by atoms with Crippen molar-refractivity contribution in [3.8, 4) is 0 Å². The summed E-state index contributed by atoms with van der Waals surface area (Å²) < 4.78 is 19.0. The van der Waals surface area contributed by atoms with Crippen LogP contribution in [0.2, 0.25) is 0 Å². The summed E-state index contributed by atoms with van der Waals surface area (Å²) in [4.78, 5) is 24.8. The van der Waals surface area contributed by atoms with Gasteiger partial charge in [0.1, 0.15) is 0 Å². The van der Waals surface area contributed by atoms with E-state index in [1.54, 1.807) is 24.1 Å². The van der Waals surface area contributed by atoms with Crippen molar-refractivity contribution in [1.82, 2.24) is 14.9 Å². The summed E-state index contributed by atoms with van der Waals surface area (Å²) in [6.07, 6.45) is 4.24. The van der Waals surface area contributed by atoms with Crippen molar-refractivity contribution in [2.75, 3.05) is 43.4 Å². The van der Waals surface area contributed by atoms with Gasteiger partial charge in [0.2, 0.25) is 5.95 Å². The summed E-state index contributed by atoms with van der Waals surface area (Å²) in [6, 6.07) is 3.34. The lowest BCUT2D eigenvalue weighted by atomic mass is 9.71. The maximum atomic E-state index is 13.7. The Morgan fingerprint density at radius 2 is 2.29 bits per heavy atom. The van der Waals surface area contributed by atoms with Gasteiger partial charge in [-0.15, -0.1) is 0 Å². The van der Waals surface area contributed by atoms with Gasteiger partial charge in [0.15, 0.2) is 17.4 Å². The molecule has 0 aromatic carbocycles. The van der Waals surface area contributed by atoms with E-state index in [2.05, 4.69) is 15.3 Å². The van der Waals surface area contributed by atoms with Crippen LogP contribution in [0.3, 0.4) is 0 Å². The quantitative estimate of drug-likeness (QED) is 0.826. The number of carbonyl (C=O) groups is 1. The Labute approximate surface area is 162 Å². The molecule has 1 amide bonds. The van der Waals surface area contributed by atoms with E-state index in [0.717, 1.165) is 19.0 Å². The lowest BCUT2D eigenvalue weighted by Crippen LogP contribution is -2.60. The van der Waals surface area contributed by atoms with Crippen LogP contribution in [0, 0.1) is 11.2 Å². The van der Waals surface area contributed by atoms with Crippen molar-refractivity contribution >= 4 is 17.7 Å². The summed E-state index contributed by atoms with van der Waals surface area (Å²) in [5, 5.41) is 13.5. The van der Waals surface area contributed by atoms with Crippen LogP contribution in [0.5, 0.6) is 0 Å². The molecule has 2 aromatic heterocycles. The van der Waals surface area contributed by atoms with Gasteiger partial charge in [-0.1, -0.05) is 0 Å². The van der Waals surface area contributed by atoms with E-state index in [0.29, 0.717) is 44.3 Å². The Morgan fingerprint density at radius 3 is 3.04 bits per heavy atom. The number of aliphatic hydroxyl groups excluding tert-OH is 1. The molecule has 8 nitrogen and oxygen atoms in total. The molecule has 0 saturated carbocycles. The van der Waals surface area contributed by atoms with Gasteiger partial charge in [-0.25, -0.2) is 9.37 Å². The largest absolute Gasteiger partial charge is 0.459 e. The normalized spacial score (nSPS) is 25.2. The number of amides is 1. The third-order valence-electron chi connectivity index (χ3n) is 5.76. The first-order valence-electron chi connectivity index (χ1n) is 9.48. The van der Waals surface area contributed by atoms with Crippen molar-refractivity contribution in [1.29, 1.82) is 0 Å². The fraction of sp³-hybridized carbons (Fsp3) is 0.526. The van der Waals surface area contributed by atoms with E-state index >= 15 is 0 Å². The molecule has 2 aliphatic rings. The van der Waals surface area contributed by atoms with E-state index in [9.17, 15) is 14.3 Å². The number of aliphatic hydroxyl groups is 1. The predicted octanol–water partition coefficient (Wildman–Crippen LogP) is 1.74. The minimum Gasteiger partial charge on any atom is -0.459 e. The van der Waals surface area contributed by atoms with Gasteiger partial charge in [-0.05, 0) is 31.4 Å². The van der Waals surface area contributed by atoms with Crippen molar-refractivity contribution < 1.29 is 18.7 Å². The van der Waals surface area contributed by atoms with Crippen LogP contribution in [-0.4, -0.2) is 65.2 Å². The number of hydrogen-bond donors (Lipinski definition) is 2. The summed E-state index contributed by atoms with van der Waals surface area (Å²) in [5.41, 5.74) is -0.476. The molecule has 2 fully saturated rings. The standard InChI is InChI=1S/C19H24FN5O3/c1-21-16-13(20)10-22-18(23-16)25-8-5-15(26)19(12-25)6-3-7-24(11-19)17(27)14-4-2-9-28-14/h2,4,9-10,15,26H,3,5-8,11-12H2,1H3,(H,21,22,23)/t15-,19+/m1/s1. The smallest absolute Gasteiger partial charge is 0.289 e. The molecule has 0 radical (unpaired) electrons. The highest BCUT2D eigenvalue weighted by atomic mass is 19.1. The molecule has 0 bridgehead atoms. The minimum absolute atomic E-state index is 0.142. The van der Waals surface area contributed by atoms with Gasteiger partial charge in [0, 0.05) is 38.6 Å². The summed E-state index contributed by atoms with van der Waals surface area (Å²) in [6.45, 7) is 2.14. The van der Waals surface area contributed by atoms with Gasteiger partial charge < -0.3 is 24.6 Å². The van der Waals surface area contributed by atoms with Crippen LogP contribution in [0.4, 0.5) is 16.2 Å².